The summed E-state index contributed by atoms with van der Waals surface area (Å²) in [5, 5.41) is 9.92. The van der Waals surface area contributed by atoms with Gasteiger partial charge in [0, 0.05) is 0 Å². The molecule has 0 nitrogen and oxygen atoms in total. The summed E-state index contributed by atoms with van der Waals surface area (Å²) in [6, 6.07) is 102. The molecule has 0 N–H and O–H groups in total. The first-order chi connectivity index (χ1) is 36.7. The molecule has 13 aromatic rings. The predicted molar refractivity (Wildman–Crippen MR) is 320 cm³/mol. The van der Waals surface area contributed by atoms with Crippen molar-refractivity contribution in [1.29, 1.82) is 0 Å². The number of hydrogen-bond acceptors (Lipinski definition) is 0. The van der Waals surface area contributed by atoms with Crippen molar-refractivity contribution in [2.45, 2.75) is 0 Å². The summed E-state index contributed by atoms with van der Waals surface area (Å²) in [6.45, 7) is 0. The lowest BCUT2D eigenvalue weighted by Crippen LogP contribution is -1.92. The molecule has 0 radical (unpaired) electrons. The second-order valence-corrected chi connectivity index (χ2v) is 19.1. The predicted octanol–water partition coefficient (Wildman–Crippen LogP) is 20.6. The van der Waals surface area contributed by atoms with E-state index in [2.05, 4.69) is 303 Å². The number of benzene rings is 13. The molecule has 0 heteroatoms. The van der Waals surface area contributed by atoms with Crippen molar-refractivity contribution in [1.82, 2.24) is 0 Å². The highest BCUT2D eigenvalue weighted by molar-refractivity contribution is 6.22. The molecule has 74 heavy (non-hydrogen) atoms. The summed E-state index contributed by atoms with van der Waals surface area (Å²) in [5.41, 5.74) is 19.3. The molecule has 0 aromatic heterocycles. The Labute approximate surface area is 433 Å². The minimum Gasteiger partial charge on any atom is -0.0622 e. The van der Waals surface area contributed by atoms with Crippen molar-refractivity contribution >= 4 is 67.4 Å². The average molecular weight is 939 g/mol. The smallest absolute Gasteiger partial charge is 0.00261 e. The van der Waals surface area contributed by atoms with E-state index < -0.39 is 0 Å². The van der Waals surface area contributed by atoms with Crippen molar-refractivity contribution in [3.05, 3.63) is 301 Å². The van der Waals surface area contributed by atoms with Gasteiger partial charge in [-0.15, -0.1) is 0 Å². The van der Waals surface area contributed by atoms with E-state index >= 15 is 0 Å². The van der Waals surface area contributed by atoms with Gasteiger partial charge < -0.3 is 0 Å². The fourth-order valence-corrected chi connectivity index (χ4v) is 11.2. The first-order valence-electron chi connectivity index (χ1n) is 25.6. The van der Waals surface area contributed by atoms with E-state index in [1.54, 1.807) is 0 Å². The molecule has 0 aliphatic heterocycles. The molecule has 13 aromatic carbocycles. The van der Waals surface area contributed by atoms with Gasteiger partial charge in [-0.25, -0.2) is 0 Å². The maximum Gasteiger partial charge on any atom is -0.00261 e. The zero-order valence-electron chi connectivity index (χ0n) is 40.9. The van der Waals surface area contributed by atoms with Crippen LogP contribution in [-0.2, 0) is 0 Å². The molecular formula is C74H50. The van der Waals surface area contributed by atoms with Gasteiger partial charge in [-0.1, -0.05) is 297 Å². The molecule has 0 unspecified atom stereocenters. The quantitative estimate of drug-likeness (QED) is 0.0947. The van der Waals surface area contributed by atoms with Crippen molar-refractivity contribution < 1.29 is 0 Å². The highest BCUT2D eigenvalue weighted by Crippen LogP contribution is 2.46. The van der Waals surface area contributed by atoms with E-state index in [1.807, 2.05) is 0 Å². The molecule has 0 atom stereocenters. The number of rotatable bonds is 10. The van der Waals surface area contributed by atoms with E-state index in [4.69, 9.17) is 0 Å². The van der Waals surface area contributed by atoms with Crippen LogP contribution in [0, 0.1) is 0 Å². The van der Waals surface area contributed by atoms with Crippen LogP contribution in [0.1, 0.15) is 22.3 Å². The fourth-order valence-electron chi connectivity index (χ4n) is 11.2. The normalized spacial score (nSPS) is 11.7. The Morgan fingerprint density at radius 1 is 0.189 bits per heavy atom. The van der Waals surface area contributed by atoms with Crippen molar-refractivity contribution in [3.63, 3.8) is 0 Å². The molecule has 0 spiro atoms. The summed E-state index contributed by atoms with van der Waals surface area (Å²) in [4.78, 5) is 0. The zero-order valence-corrected chi connectivity index (χ0v) is 40.9. The van der Waals surface area contributed by atoms with Crippen LogP contribution in [0.5, 0.6) is 0 Å². The lowest BCUT2D eigenvalue weighted by atomic mass is 9.84. The largest absolute Gasteiger partial charge is 0.0622 e. The second kappa shape index (κ2) is 19.5. The maximum atomic E-state index is 2.44. The fraction of sp³-hybridized carbons (Fsp3) is 0. The van der Waals surface area contributed by atoms with Crippen LogP contribution in [0.4, 0.5) is 0 Å². The Hall–Kier alpha value is -9.62. The van der Waals surface area contributed by atoms with Crippen LogP contribution in [0.2, 0.25) is 0 Å². The Morgan fingerprint density at radius 3 is 1.08 bits per heavy atom. The molecule has 13 rings (SSSR count). The highest BCUT2D eigenvalue weighted by atomic mass is 14.2. The van der Waals surface area contributed by atoms with Crippen LogP contribution in [0.3, 0.4) is 0 Å². The first-order valence-corrected chi connectivity index (χ1v) is 25.6. The van der Waals surface area contributed by atoms with Gasteiger partial charge >= 0.3 is 0 Å². The van der Waals surface area contributed by atoms with Gasteiger partial charge in [-0.3, -0.25) is 0 Å². The van der Waals surface area contributed by atoms with Gasteiger partial charge in [0.25, 0.3) is 0 Å². The average Bonchev–Trinajstić information content (AvgIpc) is 3.48. The van der Waals surface area contributed by atoms with Gasteiger partial charge in [0.05, 0.1) is 0 Å². The molecule has 0 saturated heterocycles. The summed E-state index contributed by atoms with van der Waals surface area (Å²) in [7, 11) is 0. The van der Waals surface area contributed by atoms with Crippen LogP contribution >= 0.6 is 0 Å². The van der Waals surface area contributed by atoms with Crippen LogP contribution in [0.15, 0.2) is 279 Å². The third-order valence-corrected chi connectivity index (χ3v) is 14.7. The summed E-state index contributed by atoms with van der Waals surface area (Å²) < 4.78 is 0. The van der Waals surface area contributed by atoms with E-state index in [1.165, 1.54) is 121 Å². The number of hydrogen-bond donors (Lipinski definition) is 0. The molecule has 0 fully saturated rings. The SMILES string of the molecule is C(=Cc1ccccc1-c1cccc2ccccc12)c1ccc(-c2c3ccccc3c(-c3ccc(C=Cc4ccccc4-c4cccc5ccccc45)cc3)c3cc(-c4ccccc4-c4ccccc4)ccc23)cc1. The van der Waals surface area contributed by atoms with Crippen LogP contribution < -0.4 is 0 Å². The van der Waals surface area contributed by atoms with Crippen molar-refractivity contribution in [3.8, 4) is 66.8 Å². The molecule has 0 saturated carbocycles. The minimum absolute atomic E-state index is 1.15. The highest BCUT2D eigenvalue weighted by Gasteiger charge is 2.19. The van der Waals surface area contributed by atoms with Crippen LogP contribution in [0.25, 0.3) is 134 Å². The number of fused-ring (bicyclic) bond motifs is 4. The van der Waals surface area contributed by atoms with E-state index in [0.717, 1.165) is 11.1 Å². The van der Waals surface area contributed by atoms with Crippen molar-refractivity contribution in [2.75, 3.05) is 0 Å². The third-order valence-electron chi connectivity index (χ3n) is 14.7. The summed E-state index contributed by atoms with van der Waals surface area (Å²) in [6.07, 6.45) is 9.00. The lowest BCUT2D eigenvalue weighted by Gasteiger charge is -2.19. The Bertz CT molecular complexity index is 4260. The Kier molecular flexibility index (Phi) is 11.7. The second-order valence-electron chi connectivity index (χ2n) is 19.1. The zero-order chi connectivity index (χ0) is 49.2. The van der Waals surface area contributed by atoms with Gasteiger partial charge in [0.15, 0.2) is 0 Å². The topological polar surface area (TPSA) is 0 Å². The maximum absolute atomic E-state index is 2.44. The lowest BCUT2D eigenvalue weighted by molar-refractivity contribution is 1.59. The molecular weight excluding hydrogens is 889 g/mol. The molecule has 0 aliphatic rings. The van der Waals surface area contributed by atoms with Gasteiger partial charge in [0.1, 0.15) is 0 Å². The van der Waals surface area contributed by atoms with E-state index in [0.29, 0.717) is 0 Å². The summed E-state index contributed by atoms with van der Waals surface area (Å²) in [5.74, 6) is 0. The minimum atomic E-state index is 1.15. The molecule has 0 bridgehead atoms. The Morgan fingerprint density at radius 2 is 0.554 bits per heavy atom. The third kappa shape index (κ3) is 8.39. The van der Waals surface area contributed by atoms with Gasteiger partial charge in [-0.2, -0.15) is 0 Å². The van der Waals surface area contributed by atoms with E-state index in [-0.39, 0.29) is 0 Å². The molecule has 0 amide bonds. The molecule has 346 valence electrons. The molecule has 0 heterocycles. The first kappa shape index (κ1) is 44.3. The van der Waals surface area contributed by atoms with E-state index in [9.17, 15) is 0 Å². The van der Waals surface area contributed by atoms with Gasteiger partial charge in [-0.05, 0) is 138 Å². The standard InChI is InChI=1S/C74H50/c1-2-18-53(19-3-1)61-26-12-13-31-66(61)60-48-49-71-72(50-60)74(59-46-40-52(41-47-59)37-43-57-23-7-11-30-65(57)68-35-17-25-55-21-5-9-28-63(55)68)70-33-15-14-32-69(70)73(71)58-44-38-51(39-45-58)36-42-56-22-6-10-29-64(56)67-34-16-24-54-20-4-8-27-62(54)67/h1-50H. The van der Waals surface area contributed by atoms with Crippen LogP contribution in [-0.4, -0.2) is 0 Å². The van der Waals surface area contributed by atoms with Crippen molar-refractivity contribution in [2.24, 2.45) is 0 Å². The van der Waals surface area contributed by atoms with Gasteiger partial charge in [0.2, 0.25) is 0 Å². The Balaban J connectivity index is 0.908. The monoisotopic (exact) mass is 938 g/mol. The molecule has 0 aliphatic carbocycles. The summed E-state index contributed by atoms with van der Waals surface area (Å²) >= 11 is 0.